The molecule has 0 fully saturated rings. The number of aromatic nitrogens is 1. The summed E-state index contributed by atoms with van der Waals surface area (Å²) in [6.07, 6.45) is 0. The Kier molecular flexibility index (Phi) is 3.47. The SMILES string of the molecule is NC(N)=NCCNC(=O)c1cc2ccccc2[nH]1. The molecule has 0 bridgehead atoms. The van der Waals surface area contributed by atoms with Crippen LogP contribution in [0.15, 0.2) is 35.3 Å². The maximum Gasteiger partial charge on any atom is 0.267 e. The van der Waals surface area contributed by atoms with Crippen molar-refractivity contribution in [3.05, 3.63) is 36.0 Å². The number of amides is 1. The smallest absolute Gasteiger partial charge is 0.267 e. The second-order valence-electron chi connectivity index (χ2n) is 3.83. The molecule has 0 radical (unpaired) electrons. The number of aromatic amines is 1. The van der Waals surface area contributed by atoms with E-state index in [1.807, 2.05) is 30.3 Å². The number of guanidine groups is 1. The lowest BCUT2D eigenvalue weighted by Crippen LogP contribution is -2.28. The number of nitrogens with two attached hydrogens (primary N) is 2. The molecular weight excluding hydrogens is 230 g/mol. The zero-order valence-electron chi connectivity index (χ0n) is 9.81. The van der Waals surface area contributed by atoms with Gasteiger partial charge in [-0.2, -0.15) is 0 Å². The maximum atomic E-state index is 11.8. The van der Waals surface area contributed by atoms with Crippen molar-refractivity contribution in [3.63, 3.8) is 0 Å². The Morgan fingerprint density at radius 2 is 2.11 bits per heavy atom. The van der Waals surface area contributed by atoms with Gasteiger partial charge in [-0.15, -0.1) is 0 Å². The highest BCUT2D eigenvalue weighted by Gasteiger charge is 2.07. The van der Waals surface area contributed by atoms with Crippen LogP contribution < -0.4 is 16.8 Å². The highest BCUT2D eigenvalue weighted by Crippen LogP contribution is 2.14. The number of benzene rings is 1. The van der Waals surface area contributed by atoms with E-state index in [0.717, 1.165) is 10.9 Å². The maximum absolute atomic E-state index is 11.8. The Bertz CT molecular complexity index is 550. The van der Waals surface area contributed by atoms with Crippen molar-refractivity contribution in [1.82, 2.24) is 10.3 Å². The van der Waals surface area contributed by atoms with E-state index in [9.17, 15) is 4.79 Å². The average Bonchev–Trinajstić information content (AvgIpc) is 2.78. The van der Waals surface area contributed by atoms with Gasteiger partial charge in [0.15, 0.2) is 5.96 Å². The van der Waals surface area contributed by atoms with Crippen molar-refractivity contribution < 1.29 is 4.79 Å². The van der Waals surface area contributed by atoms with Crippen LogP contribution in [0.3, 0.4) is 0 Å². The number of aliphatic imine (C=N–C) groups is 1. The fourth-order valence-electron chi connectivity index (χ4n) is 1.65. The Morgan fingerprint density at radius 1 is 1.33 bits per heavy atom. The van der Waals surface area contributed by atoms with Gasteiger partial charge in [-0.1, -0.05) is 18.2 Å². The van der Waals surface area contributed by atoms with Crippen LogP contribution in [0.25, 0.3) is 10.9 Å². The Labute approximate surface area is 104 Å². The summed E-state index contributed by atoms with van der Waals surface area (Å²) in [4.78, 5) is 18.6. The topological polar surface area (TPSA) is 109 Å². The molecule has 2 aromatic rings. The molecule has 6 nitrogen and oxygen atoms in total. The number of carbonyl (C=O) groups is 1. The number of hydrogen-bond donors (Lipinski definition) is 4. The van der Waals surface area contributed by atoms with Gasteiger partial charge in [0, 0.05) is 17.4 Å². The molecule has 1 aromatic heterocycles. The van der Waals surface area contributed by atoms with Crippen molar-refractivity contribution in [2.45, 2.75) is 0 Å². The second kappa shape index (κ2) is 5.22. The van der Waals surface area contributed by atoms with Gasteiger partial charge in [-0.3, -0.25) is 9.79 Å². The summed E-state index contributed by atoms with van der Waals surface area (Å²) in [6, 6.07) is 9.52. The Hall–Kier alpha value is -2.50. The van der Waals surface area contributed by atoms with E-state index in [4.69, 9.17) is 11.5 Å². The summed E-state index contributed by atoms with van der Waals surface area (Å²) in [7, 11) is 0. The first-order chi connectivity index (χ1) is 8.66. The van der Waals surface area contributed by atoms with Crippen LogP contribution in [0.2, 0.25) is 0 Å². The highest BCUT2D eigenvalue weighted by molar-refractivity contribution is 5.97. The lowest BCUT2D eigenvalue weighted by molar-refractivity contribution is 0.0950. The van der Waals surface area contributed by atoms with Crippen LogP contribution in [-0.4, -0.2) is 29.9 Å². The van der Waals surface area contributed by atoms with Crippen LogP contribution in [-0.2, 0) is 0 Å². The van der Waals surface area contributed by atoms with Gasteiger partial charge in [0.05, 0.1) is 6.54 Å². The van der Waals surface area contributed by atoms with E-state index in [-0.39, 0.29) is 11.9 Å². The molecule has 0 saturated heterocycles. The lowest BCUT2D eigenvalue weighted by Gasteiger charge is -2.00. The van der Waals surface area contributed by atoms with Gasteiger partial charge in [0.2, 0.25) is 0 Å². The van der Waals surface area contributed by atoms with Gasteiger partial charge in [-0.05, 0) is 12.1 Å². The first-order valence-electron chi connectivity index (χ1n) is 5.58. The molecule has 0 unspecified atom stereocenters. The first kappa shape index (κ1) is 12.0. The minimum Gasteiger partial charge on any atom is -0.370 e. The van der Waals surface area contributed by atoms with Crippen molar-refractivity contribution in [3.8, 4) is 0 Å². The number of H-pyrrole nitrogens is 1. The molecule has 0 aliphatic heterocycles. The fraction of sp³-hybridized carbons (Fsp3) is 0.167. The van der Waals surface area contributed by atoms with Crippen LogP contribution in [0, 0.1) is 0 Å². The first-order valence-corrected chi connectivity index (χ1v) is 5.58. The zero-order chi connectivity index (χ0) is 13.0. The Morgan fingerprint density at radius 3 is 2.83 bits per heavy atom. The lowest BCUT2D eigenvalue weighted by atomic mass is 10.2. The van der Waals surface area contributed by atoms with E-state index in [2.05, 4.69) is 15.3 Å². The summed E-state index contributed by atoms with van der Waals surface area (Å²) in [5, 5.41) is 3.73. The summed E-state index contributed by atoms with van der Waals surface area (Å²) in [5.74, 6) is -0.146. The normalized spacial score (nSPS) is 10.2. The van der Waals surface area contributed by atoms with Crippen molar-refractivity contribution >= 4 is 22.8 Å². The van der Waals surface area contributed by atoms with Crippen LogP contribution in [0.5, 0.6) is 0 Å². The van der Waals surface area contributed by atoms with Crippen molar-refractivity contribution in [2.24, 2.45) is 16.5 Å². The molecule has 6 N–H and O–H groups in total. The van der Waals surface area contributed by atoms with E-state index >= 15 is 0 Å². The number of carbonyl (C=O) groups excluding carboxylic acids is 1. The quantitative estimate of drug-likeness (QED) is 0.350. The van der Waals surface area contributed by atoms with Crippen molar-refractivity contribution in [2.75, 3.05) is 13.1 Å². The van der Waals surface area contributed by atoms with Crippen LogP contribution in [0.4, 0.5) is 0 Å². The molecule has 94 valence electrons. The average molecular weight is 245 g/mol. The Balaban J connectivity index is 1.98. The number of hydrogen-bond acceptors (Lipinski definition) is 2. The van der Waals surface area contributed by atoms with Gasteiger partial charge in [0.25, 0.3) is 5.91 Å². The molecule has 0 aliphatic rings. The third kappa shape index (κ3) is 2.79. The second-order valence-corrected chi connectivity index (χ2v) is 3.83. The van der Waals surface area contributed by atoms with Gasteiger partial charge >= 0.3 is 0 Å². The predicted octanol–water partition coefficient (Wildman–Crippen LogP) is 0.171. The molecule has 1 aromatic carbocycles. The molecule has 1 heterocycles. The summed E-state index contributed by atoms with van der Waals surface area (Å²) in [6.45, 7) is 0.764. The van der Waals surface area contributed by atoms with E-state index in [1.54, 1.807) is 0 Å². The highest BCUT2D eigenvalue weighted by atomic mass is 16.1. The molecular formula is C12H15N5O. The minimum atomic E-state index is -0.169. The molecule has 1 amide bonds. The predicted molar refractivity (Wildman–Crippen MR) is 71.3 cm³/mol. The number of rotatable bonds is 4. The molecule has 0 atom stereocenters. The van der Waals surface area contributed by atoms with Gasteiger partial charge < -0.3 is 21.8 Å². The molecule has 2 rings (SSSR count). The summed E-state index contributed by atoms with van der Waals surface area (Å²) < 4.78 is 0. The number of para-hydroxylation sites is 1. The third-order valence-electron chi connectivity index (χ3n) is 2.47. The summed E-state index contributed by atoms with van der Waals surface area (Å²) in [5.41, 5.74) is 11.8. The molecule has 0 aliphatic carbocycles. The standard InChI is InChI=1S/C12H15N5O/c13-12(14)16-6-5-15-11(18)10-7-8-3-1-2-4-9(8)17-10/h1-4,7,17H,5-6H2,(H,15,18)(H4,13,14,16). The largest absolute Gasteiger partial charge is 0.370 e. The summed E-state index contributed by atoms with van der Waals surface area (Å²) >= 11 is 0. The number of fused-ring (bicyclic) bond motifs is 1. The fourth-order valence-corrected chi connectivity index (χ4v) is 1.65. The molecule has 18 heavy (non-hydrogen) atoms. The molecule has 0 spiro atoms. The van der Waals surface area contributed by atoms with Crippen LogP contribution >= 0.6 is 0 Å². The number of nitrogens with zero attached hydrogens (tertiary/aromatic N) is 1. The molecule has 0 saturated carbocycles. The molecule has 6 heteroatoms. The van der Waals surface area contributed by atoms with Gasteiger partial charge in [0.1, 0.15) is 5.69 Å². The third-order valence-corrected chi connectivity index (χ3v) is 2.47. The van der Waals surface area contributed by atoms with E-state index < -0.39 is 0 Å². The number of nitrogens with one attached hydrogen (secondary N) is 2. The van der Waals surface area contributed by atoms with Crippen molar-refractivity contribution in [1.29, 1.82) is 0 Å². The van der Waals surface area contributed by atoms with Crippen LogP contribution in [0.1, 0.15) is 10.5 Å². The van der Waals surface area contributed by atoms with E-state index in [1.165, 1.54) is 0 Å². The monoisotopic (exact) mass is 245 g/mol. The van der Waals surface area contributed by atoms with E-state index in [0.29, 0.717) is 18.8 Å². The van der Waals surface area contributed by atoms with Gasteiger partial charge in [-0.25, -0.2) is 0 Å². The minimum absolute atomic E-state index is 0.0230. The zero-order valence-corrected chi connectivity index (χ0v) is 9.81.